The molecule has 0 amide bonds. The van der Waals surface area contributed by atoms with E-state index in [9.17, 15) is 0 Å². The summed E-state index contributed by atoms with van der Waals surface area (Å²) >= 11 is 3.31. The molecule has 2 aromatic rings. The number of rotatable bonds is 2. The first-order chi connectivity index (χ1) is 7.24. The van der Waals surface area contributed by atoms with E-state index in [1.165, 1.54) is 15.8 Å². The first-order valence-electron chi connectivity index (χ1n) is 4.51. The summed E-state index contributed by atoms with van der Waals surface area (Å²) in [6.07, 6.45) is 6.86. The number of fused-ring (bicyclic) bond motifs is 1. The molecule has 0 spiro atoms. The van der Waals surface area contributed by atoms with Crippen LogP contribution in [0.5, 0.6) is 0 Å². The Hall–Kier alpha value is -1.05. The summed E-state index contributed by atoms with van der Waals surface area (Å²) in [4.78, 5) is 10.9. The number of thiophene rings is 1. The van der Waals surface area contributed by atoms with Crippen molar-refractivity contribution in [3.8, 4) is 12.3 Å². The van der Waals surface area contributed by atoms with Crippen molar-refractivity contribution in [3.05, 3.63) is 16.8 Å². The van der Waals surface area contributed by atoms with Gasteiger partial charge in [0.15, 0.2) is 0 Å². The Labute approximate surface area is 97.1 Å². The number of hydrogen-bond donors (Lipinski definition) is 0. The highest BCUT2D eigenvalue weighted by Crippen LogP contribution is 2.34. The standard InChI is InChI=1S/C11H10N2S2/c1-4-5-14-10-9-7(2)8(3)15-11(9)13-6-12-10/h1,6H,5H2,2-3H3. The molecule has 0 unspecified atom stereocenters. The van der Waals surface area contributed by atoms with Crippen LogP contribution >= 0.6 is 23.1 Å². The molecule has 15 heavy (non-hydrogen) atoms. The predicted octanol–water partition coefficient (Wildman–Crippen LogP) is 3.03. The molecule has 0 fully saturated rings. The van der Waals surface area contributed by atoms with Crippen molar-refractivity contribution in [2.75, 3.05) is 5.75 Å². The van der Waals surface area contributed by atoms with Crippen molar-refractivity contribution in [3.63, 3.8) is 0 Å². The van der Waals surface area contributed by atoms with Gasteiger partial charge in [-0.15, -0.1) is 17.8 Å². The van der Waals surface area contributed by atoms with Gasteiger partial charge in [-0.25, -0.2) is 9.97 Å². The SMILES string of the molecule is C#CCSc1ncnc2sc(C)c(C)c12. The van der Waals surface area contributed by atoms with Crippen LogP contribution in [0.4, 0.5) is 0 Å². The number of nitrogens with zero attached hydrogens (tertiary/aromatic N) is 2. The van der Waals surface area contributed by atoms with Crippen LogP contribution in [-0.4, -0.2) is 15.7 Å². The number of terminal acetylenes is 1. The second-order valence-electron chi connectivity index (χ2n) is 3.14. The molecule has 2 nitrogen and oxygen atoms in total. The number of aromatic nitrogens is 2. The van der Waals surface area contributed by atoms with Crippen molar-refractivity contribution in [1.29, 1.82) is 0 Å². The van der Waals surface area contributed by atoms with Crippen LogP contribution in [0.2, 0.25) is 0 Å². The molecule has 2 aromatic heterocycles. The highest BCUT2D eigenvalue weighted by Gasteiger charge is 2.11. The normalized spacial score (nSPS) is 10.5. The molecule has 0 aliphatic rings. The van der Waals surface area contributed by atoms with Gasteiger partial charge < -0.3 is 0 Å². The Morgan fingerprint density at radius 1 is 1.47 bits per heavy atom. The van der Waals surface area contributed by atoms with Gasteiger partial charge in [0.1, 0.15) is 16.2 Å². The zero-order valence-electron chi connectivity index (χ0n) is 8.57. The molecule has 0 atom stereocenters. The zero-order chi connectivity index (χ0) is 10.8. The zero-order valence-corrected chi connectivity index (χ0v) is 10.2. The molecule has 0 bridgehead atoms. The summed E-state index contributed by atoms with van der Waals surface area (Å²) in [6.45, 7) is 4.22. The number of hydrogen-bond acceptors (Lipinski definition) is 4. The van der Waals surface area contributed by atoms with Crippen molar-refractivity contribution in [2.24, 2.45) is 0 Å². The van der Waals surface area contributed by atoms with Gasteiger partial charge in [-0.2, -0.15) is 0 Å². The third-order valence-corrected chi connectivity index (χ3v) is 4.23. The van der Waals surface area contributed by atoms with E-state index in [1.807, 2.05) is 0 Å². The third kappa shape index (κ3) is 1.85. The summed E-state index contributed by atoms with van der Waals surface area (Å²) in [7, 11) is 0. The van der Waals surface area contributed by atoms with Crippen molar-refractivity contribution in [2.45, 2.75) is 18.9 Å². The van der Waals surface area contributed by atoms with Gasteiger partial charge in [-0.3, -0.25) is 0 Å². The van der Waals surface area contributed by atoms with Crippen LogP contribution in [0.15, 0.2) is 11.4 Å². The molecule has 4 heteroatoms. The molecular formula is C11H10N2S2. The molecular weight excluding hydrogens is 224 g/mol. The summed E-state index contributed by atoms with van der Waals surface area (Å²) in [5.74, 6) is 3.27. The minimum absolute atomic E-state index is 0.653. The molecule has 2 rings (SSSR count). The first kappa shape index (κ1) is 10.5. The molecule has 0 aliphatic carbocycles. The molecule has 0 radical (unpaired) electrons. The maximum absolute atomic E-state index is 5.25. The van der Waals surface area contributed by atoms with Gasteiger partial charge in [-0.1, -0.05) is 17.7 Å². The Kier molecular flexibility index (Phi) is 2.94. The van der Waals surface area contributed by atoms with E-state index in [-0.39, 0.29) is 0 Å². The van der Waals surface area contributed by atoms with Crippen molar-refractivity contribution >= 4 is 33.3 Å². The second kappa shape index (κ2) is 4.21. The lowest BCUT2D eigenvalue weighted by atomic mass is 10.2. The van der Waals surface area contributed by atoms with E-state index >= 15 is 0 Å². The lowest BCUT2D eigenvalue weighted by Gasteiger charge is -1.99. The van der Waals surface area contributed by atoms with Crippen molar-refractivity contribution < 1.29 is 0 Å². The minimum Gasteiger partial charge on any atom is -0.229 e. The lowest BCUT2D eigenvalue weighted by molar-refractivity contribution is 1.11. The van der Waals surface area contributed by atoms with Gasteiger partial charge in [-0.05, 0) is 19.4 Å². The summed E-state index contributed by atoms with van der Waals surface area (Å²) in [5, 5.41) is 2.17. The molecule has 0 aliphatic heterocycles. The van der Waals surface area contributed by atoms with E-state index in [2.05, 4.69) is 29.7 Å². The van der Waals surface area contributed by atoms with E-state index in [1.54, 1.807) is 29.4 Å². The highest BCUT2D eigenvalue weighted by molar-refractivity contribution is 7.99. The Morgan fingerprint density at radius 3 is 3.00 bits per heavy atom. The Bertz CT molecular complexity index is 537. The third-order valence-electron chi connectivity index (χ3n) is 2.22. The maximum Gasteiger partial charge on any atom is 0.128 e. The summed E-state index contributed by atoms with van der Waals surface area (Å²) in [5.41, 5.74) is 1.27. The van der Waals surface area contributed by atoms with Crippen LogP contribution in [-0.2, 0) is 0 Å². The highest BCUT2D eigenvalue weighted by atomic mass is 32.2. The lowest BCUT2D eigenvalue weighted by Crippen LogP contribution is -1.85. The molecule has 0 saturated heterocycles. The quantitative estimate of drug-likeness (QED) is 0.454. The van der Waals surface area contributed by atoms with Crippen LogP contribution in [0, 0.1) is 26.2 Å². The molecule has 76 valence electrons. The minimum atomic E-state index is 0.653. The average Bonchev–Trinajstić information content (AvgIpc) is 2.53. The van der Waals surface area contributed by atoms with E-state index in [0.29, 0.717) is 5.75 Å². The molecule has 0 aromatic carbocycles. The monoisotopic (exact) mass is 234 g/mol. The van der Waals surface area contributed by atoms with Crippen LogP contribution in [0.3, 0.4) is 0 Å². The fourth-order valence-corrected chi connectivity index (χ4v) is 3.17. The largest absolute Gasteiger partial charge is 0.229 e. The van der Waals surface area contributed by atoms with E-state index in [4.69, 9.17) is 6.42 Å². The predicted molar refractivity (Wildman–Crippen MR) is 66.4 cm³/mol. The fraction of sp³-hybridized carbons (Fsp3) is 0.273. The van der Waals surface area contributed by atoms with Gasteiger partial charge in [0, 0.05) is 10.3 Å². The van der Waals surface area contributed by atoms with E-state index < -0.39 is 0 Å². The van der Waals surface area contributed by atoms with Crippen LogP contribution in [0.1, 0.15) is 10.4 Å². The number of thioether (sulfide) groups is 1. The molecule has 0 N–H and O–H groups in total. The van der Waals surface area contributed by atoms with Gasteiger partial charge >= 0.3 is 0 Å². The fourth-order valence-electron chi connectivity index (χ4n) is 1.37. The van der Waals surface area contributed by atoms with Crippen molar-refractivity contribution in [1.82, 2.24) is 9.97 Å². The second-order valence-corrected chi connectivity index (χ2v) is 5.30. The Balaban J connectivity index is 2.59. The Morgan fingerprint density at radius 2 is 2.27 bits per heavy atom. The number of aryl methyl sites for hydroxylation is 2. The van der Waals surface area contributed by atoms with Gasteiger partial charge in [0.25, 0.3) is 0 Å². The molecule has 0 saturated carbocycles. The maximum atomic E-state index is 5.25. The molecule has 2 heterocycles. The van der Waals surface area contributed by atoms with Gasteiger partial charge in [0.05, 0.1) is 5.75 Å². The van der Waals surface area contributed by atoms with Gasteiger partial charge in [0.2, 0.25) is 0 Å². The first-order valence-corrected chi connectivity index (χ1v) is 6.31. The van der Waals surface area contributed by atoms with E-state index in [0.717, 1.165) is 9.86 Å². The van der Waals surface area contributed by atoms with Crippen LogP contribution < -0.4 is 0 Å². The summed E-state index contributed by atoms with van der Waals surface area (Å²) < 4.78 is 0. The topological polar surface area (TPSA) is 25.8 Å². The average molecular weight is 234 g/mol. The summed E-state index contributed by atoms with van der Waals surface area (Å²) in [6, 6.07) is 0. The smallest absolute Gasteiger partial charge is 0.128 e. The van der Waals surface area contributed by atoms with Crippen LogP contribution in [0.25, 0.3) is 10.2 Å².